The largest absolute Gasteiger partial charge is 0.366 e. The van der Waals surface area contributed by atoms with Crippen molar-refractivity contribution in [2.24, 2.45) is 5.73 Å². The van der Waals surface area contributed by atoms with E-state index >= 15 is 0 Å². The number of hydrogen-bond donors (Lipinski definition) is 1. The van der Waals surface area contributed by atoms with Crippen LogP contribution in [0, 0.1) is 0 Å². The Morgan fingerprint density at radius 2 is 1.74 bits per heavy atom. The van der Waals surface area contributed by atoms with Crippen molar-refractivity contribution in [3.8, 4) is 11.1 Å². The molecule has 1 heterocycles. The zero-order valence-electron chi connectivity index (χ0n) is 10.2. The molecule has 2 aromatic carbocycles. The Hall–Kier alpha value is -2.68. The minimum Gasteiger partial charge on any atom is -0.366 e. The van der Waals surface area contributed by atoms with Gasteiger partial charge in [0.2, 0.25) is 5.91 Å². The van der Waals surface area contributed by atoms with Crippen LogP contribution in [-0.4, -0.2) is 10.9 Å². The van der Waals surface area contributed by atoms with Gasteiger partial charge in [0, 0.05) is 17.1 Å². The van der Waals surface area contributed by atoms with Crippen LogP contribution in [-0.2, 0) is 0 Å². The van der Waals surface area contributed by atoms with Crippen LogP contribution in [0.5, 0.6) is 0 Å². The molecule has 0 spiro atoms. The Morgan fingerprint density at radius 3 is 2.47 bits per heavy atom. The average molecular weight is 248 g/mol. The molecule has 2 N–H and O–H groups in total. The van der Waals surface area contributed by atoms with Crippen LogP contribution in [0.1, 0.15) is 10.4 Å². The first-order valence-corrected chi connectivity index (χ1v) is 6.00. The van der Waals surface area contributed by atoms with Gasteiger partial charge in [0.15, 0.2) is 0 Å². The van der Waals surface area contributed by atoms with E-state index in [0.717, 1.165) is 22.0 Å². The van der Waals surface area contributed by atoms with Gasteiger partial charge in [0.05, 0.1) is 5.52 Å². The molecule has 3 nitrogen and oxygen atoms in total. The molecule has 3 heteroatoms. The average Bonchev–Trinajstić information content (AvgIpc) is 2.47. The molecular weight excluding hydrogens is 236 g/mol. The number of benzene rings is 2. The Balaban J connectivity index is 2.16. The SMILES string of the molecule is NC(=O)c1ccc(-c2cccc3ncccc23)cc1. The van der Waals surface area contributed by atoms with E-state index in [1.165, 1.54) is 0 Å². The van der Waals surface area contributed by atoms with Crippen LogP contribution in [0.2, 0.25) is 0 Å². The highest BCUT2D eigenvalue weighted by Gasteiger charge is 2.05. The lowest BCUT2D eigenvalue weighted by molar-refractivity contribution is 0.100. The highest BCUT2D eigenvalue weighted by Crippen LogP contribution is 2.27. The van der Waals surface area contributed by atoms with Crippen molar-refractivity contribution in [2.45, 2.75) is 0 Å². The summed E-state index contributed by atoms with van der Waals surface area (Å²) in [5, 5.41) is 1.09. The van der Waals surface area contributed by atoms with Crippen molar-refractivity contribution in [3.05, 3.63) is 66.4 Å². The van der Waals surface area contributed by atoms with Crippen LogP contribution in [0.15, 0.2) is 60.8 Å². The van der Waals surface area contributed by atoms with Gasteiger partial charge in [0.25, 0.3) is 0 Å². The van der Waals surface area contributed by atoms with E-state index in [1.54, 1.807) is 18.3 Å². The third kappa shape index (κ3) is 2.06. The number of carbonyl (C=O) groups is 1. The molecule has 0 saturated heterocycles. The van der Waals surface area contributed by atoms with Crippen LogP contribution >= 0.6 is 0 Å². The molecule has 19 heavy (non-hydrogen) atoms. The van der Waals surface area contributed by atoms with Crippen molar-refractivity contribution in [2.75, 3.05) is 0 Å². The number of carbonyl (C=O) groups excluding carboxylic acids is 1. The Kier molecular flexibility index (Phi) is 2.72. The highest BCUT2D eigenvalue weighted by molar-refractivity contribution is 5.96. The van der Waals surface area contributed by atoms with Gasteiger partial charge in [-0.3, -0.25) is 9.78 Å². The third-order valence-electron chi connectivity index (χ3n) is 3.13. The van der Waals surface area contributed by atoms with Gasteiger partial charge in [-0.05, 0) is 35.4 Å². The van der Waals surface area contributed by atoms with E-state index in [4.69, 9.17) is 5.73 Å². The summed E-state index contributed by atoms with van der Waals surface area (Å²) >= 11 is 0. The van der Waals surface area contributed by atoms with E-state index in [2.05, 4.69) is 4.98 Å². The van der Waals surface area contributed by atoms with Crippen LogP contribution < -0.4 is 5.73 Å². The second kappa shape index (κ2) is 4.53. The molecule has 0 aliphatic heterocycles. The molecule has 0 radical (unpaired) electrons. The first-order chi connectivity index (χ1) is 9.25. The smallest absolute Gasteiger partial charge is 0.248 e. The molecular formula is C16H12N2O. The van der Waals surface area contributed by atoms with Crippen molar-refractivity contribution in [1.82, 2.24) is 4.98 Å². The predicted molar refractivity (Wildman–Crippen MR) is 75.7 cm³/mol. The number of primary amides is 1. The normalized spacial score (nSPS) is 10.5. The first kappa shape index (κ1) is 11.4. The lowest BCUT2D eigenvalue weighted by atomic mass is 9.99. The minimum absolute atomic E-state index is 0.411. The van der Waals surface area contributed by atoms with Crippen molar-refractivity contribution < 1.29 is 4.79 Å². The fraction of sp³-hybridized carbons (Fsp3) is 0. The van der Waals surface area contributed by atoms with E-state index in [-0.39, 0.29) is 0 Å². The summed E-state index contributed by atoms with van der Waals surface area (Å²) in [5.41, 5.74) is 8.86. The van der Waals surface area contributed by atoms with Gasteiger partial charge in [-0.15, -0.1) is 0 Å². The molecule has 0 bridgehead atoms. The molecule has 1 aromatic heterocycles. The van der Waals surface area contributed by atoms with Crippen LogP contribution in [0.4, 0.5) is 0 Å². The summed E-state index contributed by atoms with van der Waals surface area (Å²) in [6, 6.07) is 17.3. The van der Waals surface area contributed by atoms with Gasteiger partial charge in [0.1, 0.15) is 0 Å². The molecule has 0 aliphatic carbocycles. The molecule has 0 aliphatic rings. The second-order valence-corrected chi connectivity index (χ2v) is 4.32. The minimum atomic E-state index is -0.411. The lowest BCUT2D eigenvalue weighted by Crippen LogP contribution is -2.10. The Labute approximate surface area is 110 Å². The summed E-state index contributed by atoms with van der Waals surface area (Å²) in [7, 11) is 0. The first-order valence-electron chi connectivity index (χ1n) is 6.00. The van der Waals surface area contributed by atoms with Crippen molar-refractivity contribution >= 4 is 16.8 Å². The van der Waals surface area contributed by atoms with Gasteiger partial charge in [-0.25, -0.2) is 0 Å². The van der Waals surface area contributed by atoms with Crippen LogP contribution in [0.25, 0.3) is 22.0 Å². The number of nitrogens with two attached hydrogens (primary N) is 1. The fourth-order valence-electron chi connectivity index (χ4n) is 2.17. The van der Waals surface area contributed by atoms with E-state index < -0.39 is 5.91 Å². The number of aromatic nitrogens is 1. The molecule has 0 fully saturated rings. The number of hydrogen-bond acceptors (Lipinski definition) is 2. The summed E-state index contributed by atoms with van der Waals surface area (Å²) in [4.78, 5) is 15.4. The zero-order valence-corrected chi connectivity index (χ0v) is 10.2. The summed E-state index contributed by atoms with van der Waals surface area (Å²) in [6.45, 7) is 0. The van der Waals surface area contributed by atoms with E-state index in [0.29, 0.717) is 5.56 Å². The maximum atomic E-state index is 11.1. The third-order valence-corrected chi connectivity index (χ3v) is 3.13. The molecule has 0 saturated carbocycles. The fourth-order valence-corrected chi connectivity index (χ4v) is 2.17. The van der Waals surface area contributed by atoms with Crippen molar-refractivity contribution in [1.29, 1.82) is 0 Å². The standard InChI is InChI=1S/C16H12N2O/c17-16(19)12-8-6-11(7-9-12)13-3-1-5-15-14(13)4-2-10-18-15/h1-10H,(H2,17,19). The topological polar surface area (TPSA) is 56.0 Å². The molecule has 1 amide bonds. The quantitative estimate of drug-likeness (QED) is 0.758. The number of rotatable bonds is 2. The van der Waals surface area contributed by atoms with E-state index in [1.807, 2.05) is 42.5 Å². The van der Waals surface area contributed by atoms with Gasteiger partial charge in [-0.1, -0.05) is 30.3 Å². The molecule has 0 atom stereocenters. The molecule has 3 rings (SSSR count). The molecule has 92 valence electrons. The monoisotopic (exact) mass is 248 g/mol. The van der Waals surface area contributed by atoms with Crippen LogP contribution in [0.3, 0.4) is 0 Å². The zero-order chi connectivity index (χ0) is 13.2. The van der Waals surface area contributed by atoms with Gasteiger partial charge in [-0.2, -0.15) is 0 Å². The maximum absolute atomic E-state index is 11.1. The predicted octanol–water partition coefficient (Wildman–Crippen LogP) is 3.00. The highest BCUT2D eigenvalue weighted by atomic mass is 16.1. The summed E-state index contributed by atoms with van der Waals surface area (Å²) < 4.78 is 0. The summed E-state index contributed by atoms with van der Waals surface area (Å²) in [5.74, 6) is -0.411. The Bertz CT molecular complexity index is 743. The van der Waals surface area contributed by atoms with Crippen molar-refractivity contribution in [3.63, 3.8) is 0 Å². The number of fused-ring (bicyclic) bond motifs is 1. The number of nitrogens with zero attached hydrogens (tertiary/aromatic N) is 1. The molecule has 0 unspecified atom stereocenters. The Morgan fingerprint density at radius 1 is 0.947 bits per heavy atom. The summed E-state index contributed by atoms with van der Waals surface area (Å²) in [6.07, 6.45) is 1.78. The maximum Gasteiger partial charge on any atom is 0.248 e. The van der Waals surface area contributed by atoms with Gasteiger partial charge >= 0.3 is 0 Å². The van der Waals surface area contributed by atoms with Gasteiger partial charge < -0.3 is 5.73 Å². The van der Waals surface area contributed by atoms with E-state index in [9.17, 15) is 4.79 Å². The number of amides is 1. The molecule has 3 aromatic rings. The second-order valence-electron chi connectivity index (χ2n) is 4.32. The number of pyridine rings is 1. The lowest BCUT2D eigenvalue weighted by Gasteiger charge is -2.06.